The van der Waals surface area contributed by atoms with Gasteiger partial charge in [-0.2, -0.15) is 0 Å². The van der Waals surface area contributed by atoms with E-state index in [0.29, 0.717) is 0 Å². The van der Waals surface area contributed by atoms with Gasteiger partial charge in [0.05, 0.1) is 11.4 Å². The van der Waals surface area contributed by atoms with Gasteiger partial charge >= 0.3 is 0 Å². The molecule has 0 aliphatic heterocycles. The van der Waals surface area contributed by atoms with Crippen LogP contribution in [0.2, 0.25) is 0 Å². The van der Waals surface area contributed by atoms with Crippen molar-refractivity contribution in [2.45, 2.75) is 12.8 Å². The molecule has 1 aliphatic rings. The number of rotatable bonds is 8. The first-order valence-electron chi connectivity index (χ1n) is 20.8. The zero-order valence-electron chi connectivity index (χ0n) is 33.1. The van der Waals surface area contributed by atoms with E-state index >= 15 is 0 Å². The van der Waals surface area contributed by atoms with E-state index in [9.17, 15) is 0 Å². The standard InChI is InChI=1S/C58H41NO/c1-3-19-40(20-4-1)44-25-7-8-26-46(44)47-27-9-10-28-48(47)49-29-11-14-34-54(49)59(43-37-38-52-51-31-13-16-36-56(51)60-57(52)39-43)55-35-15-12-30-50(55)53-33-18-24-42-23-17-32-45(58(42)53)41-21-5-2-6-22-41/h2-3,5-39H,1,4H2. The highest BCUT2D eigenvalue weighted by atomic mass is 16.3. The maximum atomic E-state index is 6.58. The van der Waals surface area contributed by atoms with E-state index < -0.39 is 0 Å². The van der Waals surface area contributed by atoms with Crippen LogP contribution in [0, 0.1) is 0 Å². The molecule has 0 atom stereocenters. The second kappa shape index (κ2) is 15.2. The minimum Gasteiger partial charge on any atom is -0.456 e. The van der Waals surface area contributed by atoms with Crippen molar-refractivity contribution < 1.29 is 4.42 Å². The van der Waals surface area contributed by atoms with Crippen molar-refractivity contribution in [1.82, 2.24) is 0 Å². The van der Waals surface area contributed by atoms with Gasteiger partial charge in [0, 0.05) is 33.7 Å². The Morgan fingerprint density at radius 2 is 0.933 bits per heavy atom. The van der Waals surface area contributed by atoms with Gasteiger partial charge in [-0.05, 0) is 98.5 Å². The zero-order chi connectivity index (χ0) is 39.8. The number of hydrogen-bond acceptors (Lipinski definition) is 2. The van der Waals surface area contributed by atoms with Crippen molar-refractivity contribution in [3.63, 3.8) is 0 Å². The van der Waals surface area contributed by atoms with Gasteiger partial charge in [0.15, 0.2) is 0 Å². The second-order valence-electron chi connectivity index (χ2n) is 15.5. The van der Waals surface area contributed by atoms with Crippen molar-refractivity contribution in [2.75, 3.05) is 4.90 Å². The molecule has 11 rings (SSSR count). The Balaban J connectivity index is 1.17. The number of furan rings is 1. The van der Waals surface area contributed by atoms with Crippen LogP contribution in [0.15, 0.2) is 229 Å². The monoisotopic (exact) mass is 767 g/mol. The number of benzene rings is 9. The Bertz CT molecular complexity index is 3270. The normalized spacial score (nSPS) is 12.6. The highest BCUT2D eigenvalue weighted by Crippen LogP contribution is 2.49. The number of nitrogens with zero attached hydrogens (tertiary/aromatic N) is 1. The van der Waals surface area contributed by atoms with Gasteiger partial charge in [-0.15, -0.1) is 0 Å². The topological polar surface area (TPSA) is 16.4 Å². The lowest BCUT2D eigenvalue weighted by molar-refractivity contribution is 0.669. The second-order valence-corrected chi connectivity index (χ2v) is 15.5. The average molecular weight is 768 g/mol. The number of para-hydroxylation sites is 3. The fraction of sp³-hybridized carbons (Fsp3) is 0.0345. The summed E-state index contributed by atoms with van der Waals surface area (Å²) in [5, 5.41) is 4.65. The molecule has 0 saturated carbocycles. The summed E-state index contributed by atoms with van der Waals surface area (Å²) >= 11 is 0. The fourth-order valence-electron chi connectivity index (χ4n) is 9.21. The smallest absolute Gasteiger partial charge is 0.137 e. The molecular formula is C58H41NO. The lowest BCUT2D eigenvalue weighted by atomic mass is 9.87. The van der Waals surface area contributed by atoms with Gasteiger partial charge in [-0.1, -0.05) is 188 Å². The van der Waals surface area contributed by atoms with Gasteiger partial charge in [0.1, 0.15) is 11.2 Å². The van der Waals surface area contributed by atoms with Crippen LogP contribution in [0.3, 0.4) is 0 Å². The molecule has 2 heteroatoms. The van der Waals surface area contributed by atoms with Crippen molar-refractivity contribution >= 4 is 55.3 Å². The summed E-state index contributed by atoms with van der Waals surface area (Å²) in [5.41, 5.74) is 16.9. The lowest BCUT2D eigenvalue weighted by Gasteiger charge is -2.30. The summed E-state index contributed by atoms with van der Waals surface area (Å²) in [6.07, 6.45) is 9.08. The Morgan fingerprint density at radius 1 is 0.383 bits per heavy atom. The lowest BCUT2D eigenvalue weighted by Crippen LogP contribution is -2.12. The van der Waals surface area contributed by atoms with Crippen LogP contribution >= 0.6 is 0 Å². The number of hydrogen-bond donors (Lipinski definition) is 0. The number of fused-ring (bicyclic) bond motifs is 4. The molecule has 1 aromatic heterocycles. The van der Waals surface area contributed by atoms with E-state index in [0.717, 1.165) is 63.0 Å². The van der Waals surface area contributed by atoms with E-state index in [-0.39, 0.29) is 0 Å². The average Bonchev–Trinajstić information content (AvgIpc) is 3.70. The van der Waals surface area contributed by atoms with E-state index in [1.54, 1.807) is 0 Å². The highest BCUT2D eigenvalue weighted by molar-refractivity contribution is 6.10. The van der Waals surface area contributed by atoms with Gasteiger partial charge < -0.3 is 9.32 Å². The minimum atomic E-state index is 0.855. The Hall–Kier alpha value is -7.68. The molecule has 9 aromatic carbocycles. The number of anilines is 3. The van der Waals surface area contributed by atoms with E-state index in [1.165, 1.54) is 55.3 Å². The molecule has 60 heavy (non-hydrogen) atoms. The van der Waals surface area contributed by atoms with E-state index in [1.807, 2.05) is 6.07 Å². The maximum Gasteiger partial charge on any atom is 0.137 e. The maximum absolute atomic E-state index is 6.58. The van der Waals surface area contributed by atoms with Crippen molar-refractivity contribution in [3.05, 3.63) is 230 Å². The molecule has 0 fully saturated rings. The van der Waals surface area contributed by atoms with Crippen LogP contribution in [-0.2, 0) is 0 Å². The Morgan fingerprint density at radius 3 is 1.65 bits per heavy atom. The molecule has 1 aliphatic carbocycles. The quantitative estimate of drug-likeness (QED) is 0.153. The minimum absolute atomic E-state index is 0.855. The molecule has 1 heterocycles. The molecular weight excluding hydrogens is 727 g/mol. The fourth-order valence-corrected chi connectivity index (χ4v) is 9.21. The molecule has 0 N–H and O–H groups in total. The third-order valence-corrected chi connectivity index (χ3v) is 11.9. The first kappa shape index (κ1) is 35.5. The van der Waals surface area contributed by atoms with Crippen molar-refractivity contribution in [2.24, 2.45) is 0 Å². The molecule has 0 amide bonds. The molecule has 2 nitrogen and oxygen atoms in total. The van der Waals surface area contributed by atoms with Crippen LogP contribution in [0.5, 0.6) is 0 Å². The largest absolute Gasteiger partial charge is 0.456 e. The molecule has 284 valence electrons. The first-order valence-corrected chi connectivity index (χ1v) is 20.8. The van der Waals surface area contributed by atoms with E-state index in [2.05, 4.69) is 223 Å². The first-order chi connectivity index (χ1) is 29.8. The molecule has 0 radical (unpaired) electrons. The highest BCUT2D eigenvalue weighted by Gasteiger charge is 2.24. The van der Waals surface area contributed by atoms with Crippen molar-refractivity contribution in [3.8, 4) is 44.5 Å². The summed E-state index contributed by atoms with van der Waals surface area (Å²) < 4.78 is 6.58. The predicted molar refractivity (Wildman–Crippen MR) is 254 cm³/mol. The van der Waals surface area contributed by atoms with Crippen LogP contribution in [-0.4, -0.2) is 0 Å². The third-order valence-electron chi connectivity index (χ3n) is 11.9. The van der Waals surface area contributed by atoms with Gasteiger partial charge in [-0.3, -0.25) is 0 Å². The summed E-state index contributed by atoms with van der Waals surface area (Å²) in [4.78, 5) is 2.44. The summed E-state index contributed by atoms with van der Waals surface area (Å²) in [6, 6.07) is 74.5. The van der Waals surface area contributed by atoms with Crippen LogP contribution in [0.4, 0.5) is 17.1 Å². The summed E-state index contributed by atoms with van der Waals surface area (Å²) in [6.45, 7) is 0. The molecule has 0 spiro atoms. The molecule has 0 saturated heterocycles. The molecule has 0 unspecified atom stereocenters. The van der Waals surface area contributed by atoms with E-state index in [4.69, 9.17) is 4.42 Å². The third kappa shape index (κ3) is 6.22. The predicted octanol–water partition coefficient (Wildman–Crippen LogP) is 16.6. The van der Waals surface area contributed by atoms with Gasteiger partial charge in [0.2, 0.25) is 0 Å². The Labute approximate surface area is 350 Å². The SMILES string of the molecule is C1=CC(c2ccccc2-c2ccccc2-c2ccccc2N(c2ccc3c(c2)oc2ccccc23)c2ccccc2-c2cccc3cccc(-c4ccccc4)c23)=CCC1. The van der Waals surface area contributed by atoms with Gasteiger partial charge in [-0.25, -0.2) is 0 Å². The van der Waals surface area contributed by atoms with Gasteiger partial charge in [0.25, 0.3) is 0 Å². The Kier molecular flexibility index (Phi) is 9.02. The summed E-state index contributed by atoms with van der Waals surface area (Å²) in [7, 11) is 0. The zero-order valence-corrected chi connectivity index (χ0v) is 33.1. The summed E-state index contributed by atoms with van der Waals surface area (Å²) in [5.74, 6) is 0. The van der Waals surface area contributed by atoms with Crippen LogP contribution < -0.4 is 4.90 Å². The van der Waals surface area contributed by atoms with Crippen LogP contribution in [0.1, 0.15) is 18.4 Å². The van der Waals surface area contributed by atoms with Crippen LogP contribution in [0.25, 0.3) is 82.8 Å². The molecule has 10 aromatic rings. The molecule has 0 bridgehead atoms. The van der Waals surface area contributed by atoms with Crippen molar-refractivity contribution in [1.29, 1.82) is 0 Å². The number of allylic oxidation sites excluding steroid dienone is 4.